The molecule has 0 radical (unpaired) electrons. The lowest BCUT2D eigenvalue weighted by molar-refractivity contribution is 0.718. The summed E-state index contributed by atoms with van der Waals surface area (Å²) in [5.74, 6) is 0.504. The van der Waals surface area contributed by atoms with Crippen molar-refractivity contribution in [3.05, 3.63) is 34.0 Å². The second-order valence-electron chi connectivity index (χ2n) is 5.18. The maximum absolute atomic E-state index is 6.25. The number of aryl methyl sites for hydroxylation is 2. The van der Waals surface area contributed by atoms with Crippen molar-refractivity contribution in [2.75, 3.05) is 7.05 Å². The predicted octanol–water partition coefficient (Wildman–Crippen LogP) is 3.98. The zero-order chi connectivity index (χ0) is 13.4. The number of rotatable bonds is 3. The molecule has 2 aromatic rings. The summed E-state index contributed by atoms with van der Waals surface area (Å²) in [5.41, 5.74) is 5.21. The van der Waals surface area contributed by atoms with Crippen LogP contribution in [0.4, 0.5) is 0 Å². The Morgan fingerprint density at radius 1 is 1.33 bits per heavy atom. The summed E-state index contributed by atoms with van der Waals surface area (Å²) in [6.07, 6.45) is 0. The molecule has 1 aromatic carbocycles. The van der Waals surface area contributed by atoms with Crippen molar-refractivity contribution in [3.8, 4) is 0 Å². The van der Waals surface area contributed by atoms with Crippen LogP contribution >= 0.6 is 11.6 Å². The highest BCUT2D eigenvalue weighted by atomic mass is 35.5. The molecule has 1 N–H and O–H groups in total. The van der Waals surface area contributed by atoms with Gasteiger partial charge in [0.1, 0.15) is 0 Å². The lowest BCUT2D eigenvalue weighted by atomic mass is 10.0. The minimum Gasteiger partial charge on any atom is -0.347 e. The lowest BCUT2D eigenvalue weighted by Gasteiger charge is -2.11. The van der Waals surface area contributed by atoms with E-state index in [1.54, 1.807) is 0 Å². The summed E-state index contributed by atoms with van der Waals surface area (Å²) >= 11 is 6.25. The number of aromatic nitrogens is 1. The van der Waals surface area contributed by atoms with E-state index in [1.807, 2.05) is 13.1 Å². The van der Waals surface area contributed by atoms with E-state index in [-0.39, 0.29) is 0 Å². The van der Waals surface area contributed by atoms with Gasteiger partial charge in [0.25, 0.3) is 0 Å². The Hall–Kier alpha value is -0.990. The molecule has 0 saturated carbocycles. The second-order valence-corrected chi connectivity index (χ2v) is 5.58. The Morgan fingerprint density at radius 2 is 2.00 bits per heavy atom. The van der Waals surface area contributed by atoms with Gasteiger partial charge in [-0.2, -0.15) is 0 Å². The van der Waals surface area contributed by atoms with E-state index in [1.165, 1.54) is 27.7 Å². The third kappa shape index (κ3) is 1.94. The summed E-state index contributed by atoms with van der Waals surface area (Å²) < 4.78 is 2.30. The highest BCUT2D eigenvalue weighted by molar-refractivity contribution is 6.32. The van der Waals surface area contributed by atoms with Gasteiger partial charge in [-0.1, -0.05) is 31.5 Å². The first kappa shape index (κ1) is 13.4. The first-order chi connectivity index (χ1) is 8.49. The first-order valence-corrected chi connectivity index (χ1v) is 6.77. The Labute approximate surface area is 114 Å². The smallest absolute Gasteiger partial charge is 0.0528 e. The molecule has 0 aliphatic heterocycles. The molecule has 3 heteroatoms. The number of hydrogen-bond acceptors (Lipinski definition) is 1. The summed E-state index contributed by atoms with van der Waals surface area (Å²) in [5, 5.41) is 5.43. The van der Waals surface area contributed by atoms with Crippen LogP contribution in [0.3, 0.4) is 0 Å². The molecule has 0 atom stereocenters. The van der Waals surface area contributed by atoms with Crippen LogP contribution < -0.4 is 5.32 Å². The average molecular weight is 265 g/mol. The molecule has 0 fully saturated rings. The molecule has 1 aromatic heterocycles. The minimum absolute atomic E-state index is 0.504. The van der Waals surface area contributed by atoms with Crippen LogP contribution in [-0.2, 0) is 13.6 Å². The van der Waals surface area contributed by atoms with Crippen LogP contribution in [0.5, 0.6) is 0 Å². The third-order valence-electron chi connectivity index (χ3n) is 3.60. The van der Waals surface area contributed by atoms with Crippen molar-refractivity contribution < 1.29 is 0 Å². The monoisotopic (exact) mass is 264 g/mol. The van der Waals surface area contributed by atoms with E-state index < -0.39 is 0 Å². The van der Waals surface area contributed by atoms with Crippen molar-refractivity contribution in [3.63, 3.8) is 0 Å². The van der Waals surface area contributed by atoms with Crippen LogP contribution in [0.15, 0.2) is 12.1 Å². The van der Waals surface area contributed by atoms with E-state index in [9.17, 15) is 0 Å². The standard InChI is InChI=1S/C15H21ClN2/c1-9(2)14-12(8-17-4)11-6-7-13(16)10(3)15(11)18(14)5/h6-7,9,17H,8H2,1-5H3. The normalized spacial score (nSPS) is 11.7. The summed E-state index contributed by atoms with van der Waals surface area (Å²) in [6, 6.07) is 4.14. The molecule has 0 aliphatic carbocycles. The lowest BCUT2D eigenvalue weighted by Crippen LogP contribution is -2.09. The number of nitrogens with zero attached hydrogens (tertiary/aromatic N) is 1. The van der Waals surface area contributed by atoms with Gasteiger partial charge in [0.2, 0.25) is 0 Å². The number of nitrogens with one attached hydrogen (secondary N) is 1. The Balaban J connectivity index is 2.87. The van der Waals surface area contributed by atoms with E-state index in [0.29, 0.717) is 5.92 Å². The number of benzene rings is 1. The van der Waals surface area contributed by atoms with Gasteiger partial charge in [-0.3, -0.25) is 0 Å². The second kappa shape index (κ2) is 4.94. The van der Waals surface area contributed by atoms with Crippen molar-refractivity contribution in [2.45, 2.75) is 33.2 Å². The molecule has 98 valence electrons. The molecule has 0 unspecified atom stereocenters. The van der Waals surface area contributed by atoms with E-state index in [2.05, 4.69) is 43.8 Å². The van der Waals surface area contributed by atoms with E-state index >= 15 is 0 Å². The van der Waals surface area contributed by atoms with Gasteiger partial charge in [-0.15, -0.1) is 0 Å². The largest absolute Gasteiger partial charge is 0.347 e. The molecule has 0 aliphatic rings. The molecule has 0 spiro atoms. The molecule has 18 heavy (non-hydrogen) atoms. The van der Waals surface area contributed by atoms with Gasteiger partial charge in [0.05, 0.1) is 5.52 Å². The first-order valence-electron chi connectivity index (χ1n) is 6.39. The highest BCUT2D eigenvalue weighted by Gasteiger charge is 2.18. The maximum atomic E-state index is 6.25. The van der Waals surface area contributed by atoms with Gasteiger partial charge >= 0.3 is 0 Å². The molecule has 1 heterocycles. The number of fused-ring (bicyclic) bond motifs is 1. The zero-order valence-electron chi connectivity index (χ0n) is 11.8. The summed E-state index contributed by atoms with van der Waals surface area (Å²) in [7, 11) is 4.13. The average Bonchev–Trinajstić information content (AvgIpc) is 2.58. The Morgan fingerprint density at radius 3 is 2.56 bits per heavy atom. The van der Waals surface area contributed by atoms with Crippen molar-refractivity contribution in [1.29, 1.82) is 0 Å². The highest BCUT2D eigenvalue weighted by Crippen LogP contribution is 2.34. The number of hydrogen-bond donors (Lipinski definition) is 1. The van der Waals surface area contributed by atoms with Crippen molar-refractivity contribution in [2.24, 2.45) is 7.05 Å². The molecule has 2 rings (SSSR count). The van der Waals surface area contributed by atoms with Crippen molar-refractivity contribution >= 4 is 22.5 Å². The van der Waals surface area contributed by atoms with Gasteiger partial charge in [-0.05, 0) is 37.1 Å². The van der Waals surface area contributed by atoms with Crippen LogP contribution in [0, 0.1) is 6.92 Å². The molecule has 2 nitrogen and oxygen atoms in total. The molecule has 0 bridgehead atoms. The van der Waals surface area contributed by atoms with Crippen LogP contribution in [0.1, 0.15) is 36.6 Å². The number of halogens is 1. The van der Waals surface area contributed by atoms with Gasteiger partial charge < -0.3 is 9.88 Å². The molecular weight excluding hydrogens is 244 g/mol. The van der Waals surface area contributed by atoms with Crippen LogP contribution in [0.25, 0.3) is 10.9 Å². The summed E-state index contributed by atoms with van der Waals surface area (Å²) in [4.78, 5) is 0. The molecule has 0 saturated heterocycles. The third-order valence-corrected chi connectivity index (χ3v) is 4.01. The molecule has 0 amide bonds. The topological polar surface area (TPSA) is 17.0 Å². The fourth-order valence-corrected chi connectivity index (χ4v) is 3.06. The fraction of sp³-hybridized carbons (Fsp3) is 0.467. The van der Waals surface area contributed by atoms with Crippen LogP contribution in [-0.4, -0.2) is 11.6 Å². The quantitative estimate of drug-likeness (QED) is 0.887. The van der Waals surface area contributed by atoms with Gasteiger partial charge in [0.15, 0.2) is 0 Å². The van der Waals surface area contributed by atoms with Crippen LogP contribution in [0.2, 0.25) is 5.02 Å². The Kier molecular flexibility index (Phi) is 3.69. The minimum atomic E-state index is 0.504. The fourth-order valence-electron chi connectivity index (χ4n) is 2.91. The van der Waals surface area contributed by atoms with E-state index in [0.717, 1.165) is 11.6 Å². The zero-order valence-corrected chi connectivity index (χ0v) is 12.5. The van der Waals surface area contributed by atoms with Crippen molar-refractivity contribution in [1.82, 2.24) is 9.88 Å². The Bertz CT molecular complexity index is 582. The van der Waals surface area contributed by atoms with E-state index in [4.69, 9.17) is 11.6 Å². The SMILES string of the molecule is CNCc1c(C(C)C)n(C)c2c(C)c(Cl)ccc12. The predicted molar refractivity (Wildman–Crippen MR) is 79.5 cm³/mol. The maximum Gasteiger partial charge on any atom is 0.0528 e. The van der Waals surface area contributed by atoms with Gasteiger partial charge in [-0.25, -0.2) is 0 Å². The summed E-state index contributed by atoms with van der Waals surface area (Å²) in [6.45, 7) is 7.47. The van der Waals surface area contributed by atoms with Gasteiger partial charge in [0, 0.05) is 29.7 Å². The molecular formula is C15H21ClN2.